The minimum Gasteiger partial charge on any atom is -0.492 e. The second kappa shape index (κ2) is 8.40. The van der Waals surface area contributed by atoms with Gasteiger partial charge in [0.2, 0.25) is 5.91 Å². The summed E-state index contributed by atoms with van der Waals surface area (Å²) in [6.45, 7) is 6.99. The smallest absolute Gasteiger partial charge is 0.236 e. The van der Waals surface area contributed by atoms with E-state index in [0.717, 1.165) is 43.8 Å². The first-order valence-corrected chi connectivity index (χ1v) is 10.2. The Morgan fingerprint density at radius 3 is 2.58 bits per heavy atom. The molecule has 142 valence electrons. The topological polar surface area (TPSA) is 44.8 Å². The summed E-state index contributed by atoms with van der Waals surface area (Å²) in [6.07, 6.45) is 4.99. The van der Waals surface area contributed by atoms with Crippen LogP contribution in [0.5, 0.6) is 5.75 Å². The molecule has 0 spiro atoms. The van der Waals surface area contributed by atoms with Crippen LogP contribution in [0.25, 0.3) is 0 Å². The minimum atomic E-state index is 0.285. The van der Waals surface area contributed by atoms with Crippen molar-refractivity contribution < 1.29 is 9.53 Å². The van der Waals surface area contributed by atoms with Gasteiger partial charge in [0, 0.05) is 31.7 Å². The zero-order chi connectivity index (χ0) is 17.8. The number of hydrogen-bond acceptors (Lipinski definition) is 4. The van der Waals surface area contributed by atoms with Gasteiger partial charge in [-0.25, -0.2) is 0 Å². The van der Waals surface area contributed by atoms with Crippen molar-refractivity contribution in [3.8, 4) is 5.75 Å². The molecule has 0 unspecified atom stereocenters. The van der Waals surface area contributed by atoms with E-state index in [4.69, 9.17) is 4.74 Å². The molecule has 3 heterocycles. The number of carbonyl (C=O) groups excluding carboxylic acids is 1. The lowest BCUT2D eigenvalue weighted by Crippen LogP contribution is -2.46. The number of hydrogen-bond donors (Lipinski definition) is 1. The molecule has 26 heavy (non-hydrogen) atoms. The lowest BCUT2D eigenvalue weighted by molar-refractivity contribution is -0.134. The van der Waals surface area contributed by atoms with Crippen LogP contribution in [0.2, 0.25) is 0 Å². The highest BCUT2D eigenvalue weighted by molar-refractivity contribution is 5.78. The van der Waals surface area contributed by atoms with Gasteiger partial charge in [-0.2, -0.15) is 0 Å². The minimum absolute atomic E-state index is 0.285. The number of rotatable bonds is 3. The number of benzene rings is 1. The van der Waals surface area contributed by atoms with Crippen molar-refractivity contribution in [2.24, 2.45) is 11.8 Å². The molecule has 0 atom stereocenters. The van der Waals surface area contributed by atoms with Crippen LogP contribution in [0.4, 0.5) is 0 Å². The van der Waals surface area contributed by atoms with Crippen molar-refractivity contribution >= 4 is 5.91 Å². The maximum atomic E-state index is 12.8. The van der Waals surface area contributed by atoms with Crippen LogP contribution in [-0.4, -0.2) is 61.6 Å². The Hall–Kier alpha value is -1.59. The predicted octanol–water partition coefficient (Wildman–Crippen LogP) is 2.12. The van der Waals surface area contributed by atoms with Crippen LogP contribution < -0.4 is 10.1 Å². The molecule has 1 aromatic rings. The zero-order valence-electron chi connectivity index (χ0n) is 15.7. The fourth-order valence-electron chi connectivity index (χ4n) is 4.74. The molecule has 0 aromatic heterocycles. The first-order chi connectivity index (χ1) is 12.8. The quantitative estimate of drug-likeness (QED) is 0.900. The first kappa shape index (κ1) is 17.8. The first-order valence-electron chi connectivity index (χ1n) is 10.2. The van der Waals surface area contributed by atoms with E-state index in [-0.39, 0.29) is 5.91 Å². The SMILES string of the molecule is O=C(CN1CCOc2ccccc2C1)N1CCC(C2CCNCC2)CC1. The van der Waals surface area contributed by atoms with E-state index in [0.29, 0.717) is 13.2 Å². The van der Waals surface area contributed by atoms with Crippen LogP contribution in [0.1, 0.15) is 31.2 Å². The zero-order valence-corrected chi connectivity index (χ0v) is 15.7. The van der Waals surface area contributed by atoms with Gasteiger partial charge >= 0.3 is 0 Å². The summed E-state index contributed by atoms with van der Waals surface area (Å²) in [7, 11) is 0. The molecule has 1 amide bonds. The second-order valence-electron chi connectivity index (χ2n) is 7.97. The van der Waals surface area contributed by atoms with E-state index in [1.54, 1.807) is 0 Å². The maximum absolute atomic E-state index is 12.8. The number of fused-ring (bicyclic) bond motifs is 1. The lowest BCUT2D eigenvalue weighted by atomic mass is 9.79. The molecule has 5 nitrogen and oxygen atoms in total. The summed E-state index contributed by atoms with van der Waals surface area (Å²) in [5.74, 6) is 2.94. The van der Waals surface area contributed by atoms with Crippen LogP contribution in [-0.2, 0) is 11.3 Å². The summed E-state index contributed by atoms with van der Waals surface area (Å²) < 4.78 is 5.82. The van der Waals surface area contributed by atoms with Gasteiger partial charge in [-0.05, 0) is 56.7 Å². The maximum Gasteiger partial charge on any atom is 0.236 e. The molecule has 3 aliphatic rings. The van der Waals surface area contributed by atoms with Crippen LogP contribution in [0.15, 0.2) is 24.3 Å². The molecule has 0 bridgehead atoms. The van der Waals surface area contributed by atoms with E-state index < -0.39 is 0 Å². The Morgan fingerprint density at radius 1 is 1.04 bits per heavy atom. The van der Waals surface area contributed by atoms with Crippen molar-refractivity contribution in [3.63, 3.8) is 0 Å². The summed E-state index contributed by atoms with van der Waals surface area (Å²) in [6, 6.07) is 8.17. The average molecular weight is 357 g/mol. The molecule has 1 N–H and O–H groups in total. The van der Waals surface area contributed by atoms with Crippen molar-refractivity contribution in [1.29, 1.82) is 0 Å². The van der Waals surface area contributed by atoms with Crippen LogP contribution in [0, 0.1) is 11.8 Å². The fraction of sp³-hybridized carbons (Fsp3) is 0.667. The fourth-order valence-corrected chi connectivity index (χ4v) is 4.74. The van der Waals surface area contributed by atoms with Gasteiger partial charge in [-0.3, -0.25) is 9.69 Å². The molecule has 3 aliphatic heterocycles. The van der Waals surface area contributed by atoms with Crippen molar-refractivity contribution in [1.82, 2.24) is 15.1 Å². The summed E-state index contributed by atoms with van der Waals surface area (Å²) in [5.41, 5.74) is 1.18. The number of likely N-dealkylation sites (tertiary alicyclic amines) is 1. The molecule has 4 rings (SSSR count). The number of nitrogens with one attached hydrogen (secondary N) is 1. The Bertz CT molecular complexity index is 607. The van der Waals surface area contributed by atoms with Crippen LogP contribution in [0.3, 0.4) is 0 Å². The lowest BCUT2D eigenvalue weighted by Gasteiger charge is -2.38. The molecule has 2 saturated heterocycles. The molecule has 2 fully saturated rings. The molecular weight excluding hydrogens is 326 g/mol. The Balaban J connectivity index is 1.27. The normalized spacial score (nSPS) is 23.2. The van der Waals surface area contributed by atoms with E-state index in [1.807, 2.05) is 18.2 Å². The molecule has 0 saturated carbocycles. The molecule has 0 radical (unpaired) electrons. The summed E-state index contributed by atoms with van der Waals surface area (Å²) >= 11 is 0. The number of ether oxygens (including phenoxy) is 1. The molecule has 0 aliphatic carbocycles. The van der Waals surface area contributed by atoms with Gasteiger partial charge in [-0.1, -0.05) is 18.2 Å². The average Bonchev–Trinajstić information content (AvgIpc) is 2.90. The highest BCUT2D eigenvalue weighted by atomic mass is 16.5. The Labute approximate surface area is 156 Å². The number of para-hydroxylation sites is 1. The van der Waals surface area contributed by atoms with Gasteiger partial charge in [-0.15, -0.1) is 0 Å². The summed E-state index contributed by atoms with van der Waals surface area (Å²) in [4.78, 5) is 17.1. The monoisotopic (exact) mass is 357 g/mol. The van der Waals surface area contributed by atoms with E-state index in [2.05, 4.69) is 21.2 Å². The molecule has 5 heteroatoms. The van der Waals surface area contributed by atoms with Gasteiger partial charge in [0.15, 0.2) is 0 Å². The second-order valence-corrected chi connectivity index (χ2v) is 7.97. The van der Waals surface area contributed by atoms with Gasteiger partial charge in [0.05, 0.1) is 6.54 Å². The third kappa shape index (κ3) is 4.21. The number of carbonyl (C=O) groups is 1. The molecule has 1 aromatic carbocycles. The highest BCUT2D eigenvalue weighted by Crippen LogP contribution is 2.31. The third-order valence-corrected chi connectivity index (χ3v) is 6.33. The van der Waals surface area contributed by atoms with Crippen molar-refractivity contribution in [2.45, 2.75) is 32.2 Å². The van der Waals surface area contributed by atoms with E-state index >= 15 is 0 Å². The number of piperidine rings is 2. The standard InChI is InChI=1S/C21H31N3O2/c25-21(16-23-13-14-26-20-4-2-1-3-19(20)15-23)24-11-7-18(8-12-24)17-5-9-22-10-6-17/h1-4,17-18,22H,5-16H2. The molecular formula is C21H31N3O2. The van der Waals surface area contributed by atoms with E-state index in [1.165, 1.54) is 44.3 Å². The Kier molecular flexibility index (Phi) is 5.75. The van der Waals surface area contributed by atoms with Gasteiger partial charge < -0.3 is 15.0 Å². The predicted molar refractivity (Wildman–Crippen MR) is 102 cm³/mol. The third-order valence-electron chi connectivity index (χ3n) is 6.33. The van der Waals surface area contributed by atoms with Crippen molar-refractivity contribution in [2.75, 3.05) is 45.9 Å². The largest absolute Gasteiger partial charge is 0.492 e. The van der Waals surface area contributed by atoms with E-state index in [9.17, 15) is 4.79 Å². The van der Waals surface area contributed by atoms with Gasteiger partial charge in [0.25, 0.3) is 0 Å². The summed E-state index contributed by atoms with van der Waals surface area (Å²) in [5, 5.41) is 3.46. The Morgan fingerprint density at radius 2 is 1.77 bits per heavy atom. The van der Waals surface area contributed by atoms with Gasteiger partial charge in [0.1, 0.15) is 12.4 Å². The highest BCUT2D eigenvalue weighted by Gasteiger charge is 2.30. The van der Waals surface area contributed by atoms with Crippen LogP contribution >= 0.6 is 0 Å². The van der Waals surface area contributed by atoms with Crippen molar-refractivity contribution in [3.05, 3.63) is 29.8 Å². The number of nitrogens with zero attached hydrogens (tertiary/aromatic N) is 2. The number of amides is 1.